The van der Waals surface area contributed by atoms with E-state index in [2.05, 4.69) is 23.2 Å². The van der Waals surface area contributed by atoms with Gasteiger partial charge in [-0.3, -0.25) is 4.79 Å². The highest BCUT2D eigenvalue weighted by Crippen LogP contribution is 2.40. The summed E-state index contributed by atoms with van der Waals surface area (Å²) in [7, 11) is 0. The Morgan fingerprint density at radius 2 is 2.22 bits per heavy atom. The minimum atomic E-state index is -0.0148. The van der Waals surface area contributed by atoms with Crippen molar-refractivity contribution in [2.75, 3.05) is 6.54 Å². The van der Waals surface area contributed by atoms with Gasteiger partial charge in [0, 0.05) is 35.1 Å². The van der Waals surface area contributed by atoms with E-state index in [9.17, 15) is 4.79 Å². The van der Waals surface area contributed by atoms with Gasteiger partial charge >= 0.3 is 0 Å². The molecule has 0 radical (unpaired) electrons. The van der Waals surface area contributed by atoms with Crippen LogP contribution in [0, 0.1) is 0 Å². The zero-order valence-corrected chi connectivity index (χ0v) is 13.9. The molecule has 118 valence electrons. The van der Waals surface area contributed by atoms with Crippen molar-refractivity contribution >= 4 is 28.4 Å². The van der Waals surface area contributed by atoms with E-state index in [0.29, 0.717) is 0 Å². The molecule has 1 aliphatic carbocycles. The number of amides is 1. The molecule has 1 aliphatic heterocycles. The molecule has 1 unspecified atom stereocenters. The Labute approximate surface area is 140 Å². The second-order valence-electron chi connectivity index (χ2n) is 6.26. The molecule has 0 spiro atoms. The van der Waals surface area contributed by atoms with Crippen LogP contribution in [0.25, 0.3) is 10.9 Å². The van der Waals surface area contributed by atoms with Crippen LogP contribution in [-0.2, 0) is 11.2 Å². The van der Waals surface area contributed by atoms with Crippen molar-refractivity contribution in [3.63, 3.8) is 0 Å². The Balaban J connectivity index is 1.91. The topological polar surface area (TPSA) is 36.1 Å². The number of nitrogens with zero attached hydrogens (tertiary/aromatic N) is 1. The largest absolute Gasteiger partial charge is 0.356 e. The lowest BCUT2D eigenvalue weighted by Gasteiger charge is -2.36. The Kier molecular flexibility index (Phi) is 3.53. The first-order valence-electron chi connectivity index (χ1n) is 8.09. The number of benzene rings is 1. The van der Waals surface area contributed by atoms with Gasteiger partial charge in [-0.1, -0.05) is 29.8 Å². The van der Waals surface area contributed by atoms with Gasteiger partial charge in [-0.25, -0.2) is 0 Å². The van der Waals surface area contributed by atoms with Crippen molar-refractivity contribution in [1.29, 1.82) is 0 Å². The molecule has 3 nitrogen and oxygen atoms in total. The van der Waals surface area contributed by atoms with E-state index in [1.54, 1.807) is 6.92 Å². The van der Waals surface area contributed by atoms with Gasteiger partial charge < -0.3 is 9.88 Å². The highest BCUT2D eigenvalue weighted by Gasteiger charge is 2.33. The Morgan fingerprint density at radius 3 is 2.96 bits per heavy atom. The third-order valence-electron chi connectivity index (χ3n) is 4.83. The third kappa shape index (κ3) is 2.40. The number of aromatic amines is 1. The summed E-state index contributed by atoms with van der Waals surface area (Å²) in [5.74, 6) is 0.122. The normalized spacial score (nSPS) is 20.5. The van der Waals surface area contributed by atoms with Gasteiger partial charge in [0.1, 0.15) is 0 Å². The number of rotatable bonds is 1. The van der Waals surface area contributed by atoms with Crippen LogP contribution >= 0.6 is 11.6 Å². The molecule has 2 aromatic rings. The number of hydrogen-bond donors (Lipinski definition) is 1. The molecule has 1 aromatic carbocycles. The molecule has 1 atom stereocenters. The van der Waals surface area contributed by atoms with Crippen LogP contribution in [0.3, 0.4) is 0 Å². The van der Waals surface area contributed by atoms with Crippen molar-refractivity contribution in [3.05, 3.63) is 58.3 Å². The van der Waals surface area contributed by atoms with Crippen molar-refractivity contribution < 1.29 is 4.79 Å². The van der Waals surface area contributed by atoms with Gasteiger partial charge in [0.05, 0.1) is 6.04 Å². The average Bonchev–Trinajstić information content (AvgIpc) is 2.92. The van der Waals surface area contributed by atoms with Crippen molar-refractivity contribution in [1.82, 2.24) is 9.88 Å². The second kappa shape index (κ2) is 5.57. The van der Waals surface area contributed by atoms with E-state index < -0.39 is 0 Å². The molecule has 1 N–H and O–H groups in total. The molecule has 4 heteroatoms. The Hall–Kier alpha value is -2.00. The van der Waals surface area contributed by atoms with Gasteiger partial charge in [-0.05, 0) is 48.6 Å². The zero-order valence-electron chi connectivity index (χ0n) is 13.1. The molecular formula is C19H19ClN2O. The third-order valence-corrected chi connectivity index (χ3v) is 5.07. The molecule has 0 saturated heterocycles. The fourth-order valence-electron chi connectivity index (χ4n) is 3.78. The smallest absolute Gasteiger partial charge is 0.220 e. The van der Waals surface area contributed by atoms with Crippen LogP contribution < -0.4 is 0 Å². The van der Waals surface area contributed by atoms with Gasteiger partial charge in [-0.15, -0.1) is 0 Å². The van der Waals surface area contributed by atoms with Crippen LogP contribution in [0.15, 0.2) is 42.0 Å². The number of fused-ring (bicyclic) bond motifs is 3. The molecule has 0 saturated carbocycles. The number of H-pyrrole nitrogens is 1. The summed E-state index contributed by atoms with van der Waals surface area (Å²) in [5, 5.41) is 1.93. The van der Waals surface area contributed by atoms with Crippen LogP contribution in [0.5, 0.6) is 0 Å². The van der Waals surface area contributed by atoms with Crippen LogP contribution in [0.4, 0.5) is 0 Å². The lowest BCUT2D eigenvalue weighted by molar-refractivity contribution is -0.130. The van der Waals surface area contributed by atoms with E-state index in [-0.39, 0.29) is 11.9 Å². The number of carbonyl (C=O) groups is 1. The second-order valence-corrected chi connectivity index (χ2v) is 6.69. The van der Waals surface area contributed by atoms with Gasteiger partial charge in [0.15, 0.2) is 0 Å². The molecular weight excluding hydrogens is 308 g/mol. The lowest BCUT2D eigenvalue weighted by Crippen LogP contribution is -2.39. The fraction of sp³-hybridized carbons (Fsp3) is 0.316. The molecule has 2 heterocycles. The minimum absolute atomic E-state index is 0.0148. The number of hydrogen-bond acceptors (Lipinski definition) is 1. The van der Waals surface area contributed by atoms with Crippen LogP contribution in [-0.4, -0.2) is 22.3 Å². The predicted molar refractivity (Wildman–Crippen MR) is 93.6 cm³/mol. The first-order valence-corrected chi connectivity index (χ1v) is 8.47. The van der Waals surface area contributed by atoms with Crippen molar-refractivity contribution in [3.8, 4) is 0 Å². The minimum Gasteiger partial charge on any atom is -0.356 e. The molecule has 0 fully saturated rings. The summed E-state index contributed by atoms with van der Waals surface area (Å²) in [6, 6.07) is 5.94. The monoisotopic (exact) mass is 326 g/mol. The maximum Gasteiger partial charge on any atom is 0.220 e. The van der Waals surface area contributed by atoms with E-state index in [1.807, 2.05) is 23.1 Å². The van der Waals surface area contributed by atoms with Gasteiger partial charge in [0.2, 0.25) is 5.91 Å². The maximum absolute atomic E-state index is 12.2. The summed E-state index contributed by atoms with van der Waals surface area (Å²) in [5.41, 5.74) is 4.74. The fourth-order valence-corrected chi connectivity index (χ4v) is 3.96. The number of allylic oxidation sites excluding steroid dienone is 2. The number of aromatic nitrogens is 1. The highest BCUT2D eigenvalue weighted by atomic mass is 35.5. The molecule has 1 amide bonds. The number of nitrogens with one attached hydrogen (secondary N) is 1. The summed E-state index contributed by atoms with van der Waals surface area (Å²) >= 11 is 6.18. The molecule has 1 aromatic heterocycles. The van der Waals surface area contributed by atoms with Crippen molar-refractivity contribution in [2.45, 2.75) is 32.2 Å². The molecule has 4 rings (SSSR count). The van der Waals surface area contributed by atoms with E-state index in [4.69, 9.17) is 11.6 Å². The SMILES string of the molecule is CC(=O)N1CCc2c([nH]c3ccc(Cl)cc23)C1C1=CCCC=C1. The molecule has 0 bridgehead atoms. The maximum atomic E-state index is 12.2. The van der Waals surface area contributed by atoms with Crippen LogP contribution in [0.1, 0.15) is 37.1 Å². The van der Waals surface area contributed by atoms with Gasteiger partial charge in [0.25, 0.3) is 0 Å². The number of halogens is 1. The summed E-state index contributed by atoms with van der Waals surface area (Å²) < 4.78 is 0. The van der Waals surface area contributed by atoms with E-state index in [0.717, 1.165) is 42.0 Å². The van der Waals surface area contributed by atoms with E-state index in [1.165, 1.54) is 16.5 Å². The predicted octanol–water partition coefficient (Wildman–Crippen LogP) is 4.54. The van der Waals surface area contributed by atoms with E-state index >= 15 is 0 Å². The standard InChI is InChI=1S/C19H19ClN2O/c1-12(23)22-10-9-15-16-11-14(20)7-8-17(16)21-18(15)19(22)13-5-3-2-4-6-13/h3,5-8,11,19,21H,2,4,9-10H2,1H3. The highest BCUT2D eigenvalue weighted by molar-refractivity contribution is 6.31. The first-order chi connectivity index (χ1) is 11.1. The van der Waals surface area contributed by atoms with Crippen LogP contribution in [0.2, 0.25) is 5.02 Å². The molecule has 23 heavy (non-hydrogen) atoms. The summed E-state index contributed by atoms with van der Waals surface area (Å²) in [6.45, 7) is 2.41. The van der Waals surface area contributed by atoms with Crippen molar-refractivity contribution in [2.24, 2.45) is 0 Å². The Morgan fingerprint density at radius 1 is 1.35 bits per heavy atom. The lowest BCUT2D eigenvalue weighted by atomic mass is 9.89. The summed E-state index contributed by atoms with van der Waals surface area (Å²) in [4.78, 5) is 17.7. The zero-order chi connectivity index (χ0) is 16.0. The van der Waals surface area contributed by atoms with Gasteiger partial charge in [-0.2, -0.15) is 0 Å². The number of carbonyl (C=O) groups excluding carboxylic acids is 1. The quantitative estimate of drug-likeness (QED) is 0.820. The average molecular weight is 327 g/mol. The first kappa shape index (κ1) is 14.6. The summed E-state index contributed by atoms with van der Waals surface area (Å²) in [6.07, 6.45) is 9.59. The Bertz CT molecular complexity index is 846. The molecule has 2 aliphatic rings.